The molecule has 8 nitrogen and oxygen atoms in total. The summed E-state index contributed by atoms with van der Waals surface area (Å²) in [5.74, 6) is 0.543. The van der Waals surface area contributed by atoms with Crippen molar-refractivity contribution in [2.75, 3.05) is 10.7 Å². The second kappa shape index (κ2) is 7.46. The molecule has 3 aliphatic rings. The quantitative estimate of drug-likeness (QED) is 0.613. The van der Waals surface area contributed by atoms with Crippen LogP contribution in [0.3, 0.4) is 0 Å². The fraction of sp³-hybridized carbons (Fsp3) is 0.500. The highest BCUT2D eigenvalue weighted by molar-refractivity contribution is 7.89. The van der Waals surface area contributed by atoms with Gasteiger partial charge in [-0.25, -0.2) is 18.1 Å². The van der Waals surface area contributed by atoms with Crippen molar-refractivity contribution in [2.45, 2.75) is 57.0 Å². The van der Waals surface area contributed by atoms with Crippen LogP contribution in [0.1, 0.15) is 50.5 Å². The number of nitrogens with one attached hydrogen (secondary N) is 2. The number of hydrogen-bond donors (Lipinski definition) is 2. The van der Waals surface area contributed by atoms with E-state index in [9.17, 15) is 18.5 Å². The molecular weight excluding hydrogens is 414 g/mol. The molecule has 31 heavy (non-hydrogen) atoms. The molecule has 9 heteroatoms. The first-order chi connectivity index (χ1) is 14.9. The Morgan fingerprint density at radius 3 is 2.77 bits per heavy atom. The van der Waals surface area contributed by atoms with Crippen LogP contribution in [0.25, 0.3) is 16.6 Å². The van der Waals surface area contributed by atoms with Gasteiger partial charge < -0.3 is 4.98 Å². The summed E-state index contributed by atoms with van der Waals surface area (Å²) in [6.45, 7) is 0. The highest BCUT2D eigenvalue weighted by Gasteiger charge is 2.47. The fourth-order valence-electron chi connectivity index (χ4n) is 4.39. The molecule has 1 atom stereocenters. The Morgan fingerprint density at radius 2 is 2.16 bits per heavy atom. The lowest BCUT2D eigenvalue weighted by molar-refractivity contribution is -0.107. The maximum Gasteiger partial charge on any atom is 0.215 e. The monoisotopic (exact) mass is 439 g/mol. The lowest BCUT2D eigenvalue weighted by Crippen LogP contribution is -2.39. The van der Waals surface area contributed by atoms with E-state index in [1.807, 2.05) is 18.3 Å². The second-order valence-electron chi connectivity index (χ2n) is 8.98. The first-order valence-electron chi connectivity index (χ1n) is 10.7. The van der Waals surface area contributed by atoms with E-state index in [0.29, 0.717) is 31.5 Å². The summed E-state index contributed by atoms with van der Waals surface area (Å²) in [5, 5.41) is 10.2. The topological polar surface area (TPSA) is 119 Å². The van der Waals surface area contributed by atoms with Crippen molar-refractivity contribution in [3.05, 3.63) is 30.0 Å². The molecule has 1 amide bonds. The van der Waals surface area contributed by atoms with Crippen molar-refractivity contribution in [2.24, 2.45) is 5.41 Å². The van der Waals surface area contributed by atoms with Crippen LogP contribution in [0.2, 0.25) is 0 Å². The van der Waals surface area contributed by atoms with Crippen LogP contribution in [0.15, 0.2) is 24.4 Å². The molecule has 0 aliphatic heterocycles. The zero-order chi connectivity index (χ0) is 21.6. The molecule has 2 fully saturated rings. The molecule has 0 spiro atoms. The number of pyridine rings is 1. The number of hydrogen-bond acceptors (Lipinski definition) is 5. The summed E-state index contributed by atoms with van der Waals surface area (Å²) in [6.07, 6.45) is 10.1. The van der Waals surface area contributed by atoms with Gasteiger partial charge in [0.25, 0.3) is 0 Å². The predicted octanol–water partition coefficient (Wildman–Crippen LogP) is 2.85. The van der Waals surface area contributed by atoms with E-state index in [0.717, 1.165) is 47.8 Å². The Balaban J connectivity index is 1.36. The van der Waals surface area contributed by atoms with E-state index in [-0.39, 0.29) is 17.8 Å². The number of aromatic nitrogens is 2. The van der Waals surface area contributed by atoms with Crippen molar-refractivity contribution in [1.29, 1.82) is 5.26 Å². The number of sulfonamides is 1. The number of carbonyl (C=O) groups is 1. The molecule has 2 aromatic heterocycles. The molecule has 2 heterocycles. The number of fused-ring (bicyclic) bond motifs is 1. The van der Waals surface area contributed by atoms with Crippen LogP contribution < -0.4 is 9.62 Å². The van der Waals surface area contributed by atoms with Gasteiger partial charge in [0.1, 0.15) is 11.5 Å². The zero-order valence-corrected chi connectivity index (χ0v) is 18.0. The minimum atomic E-state index is -3.48. The van der Waals surface area contributed by atoms with Crippen molar-refractivity contribution >= 4 is 38.9 Å². The number of nitriles is 1. The minimum absolute atomic E-state index is 0.107. The molecule has 162 valence electrons. The van der Waals surface area contributed by atoms with Gasteiger partial charge in [0, 0.05) is 23.7 Å². The van der Waals surface area contributed by atoms with E-state index < -0.39 is 15.4 Å². The Morgan fingerprint density at radius 1 is 1.35 bits per heavy atom. The largest absolute Gasteiger partial charge is 0.346 e. The van der Waals surface area contributed by atoms with E-state index in [1.54, 1.807) is 4.90 Å². The van der Waals surface area contributed by atoms with Gasteiger partial charge >= 0.3 is 0 Å². The molecule has 2 N–H and O–H groups in total. The maximum atomic E-state index is 12.5. The average molecular weight is 440 g/mol. The molecule has 3 aliphatic carbocycles. The summed E-state index contributed by atoms with van der Waals surface area (Å²) < 4.78 is 27.8. The molecule has 0 radical (unpaired) electrons. The van der Waals surface area contributed by atoms with Crippen LogP contribution in [-0.2, 0) is 14.8 Å². The van der Waals surface area contributed by atoms with Gasteiger partial charge in [0.2, 0.25) is 16.4 Å². The van der Waals surface area contributed by atoms with Crippen molar-refractivity contribution in [3.63, 3.8) is 0 Å². The number of carbonyl (C=O) groups excluding carboxylic acids is 1. The molecule has 0 saturated heterocycles. The van der Waals surface area contributed by atoms with Crippen LogP contribution in [0, 0.1) is 16.7 Å². The molecule has 5 rings (SSSR count). The van der Waals surface area contributed by atoms with E-state index in [4.69, 9.17) is 0 Å². The number of amides is 1. The minimum Gasteiger partial charge on any atom is -0.346 e. The summed E-state index contributed by atoms with van der Waals surface area (Å²) in [7, 11) is -3.48. The number of nitrogens with zero attached hydrogens (tertiary/aromatic N) is 3. The summed E-state index contributed by atoms with van der Waals surface area (Å²) in [5.41, 5.74) is 2.24. The Hall–Kier alpha value is -2.70. The molecular formula is C22H25N5O3S. The number of H-pyrrole nitrogens is 1. The first-order valence-corrected chi connectivity index (χ1v) is 12.4. The highest BCUT2D eigenvalue weighted by Crippen LogP contribution is 2.46. The van der Waals surface area contributed by atoms with Gasteiger partial charge in [-0.15, -0.1) is 0 Å². The lowest BCUT2D eigenvalue weighted by Gasteiger charge is -2.24. The Bertz CT molecular complexity index is 1200. The number of aromatic amines is 1. The third-order valence-corrected chi connectivity index (χ3v) is 8.12. The van der Waals surface area contributed by atoms with Gasteiger partial charge in [-0.2, -0.15) is 5.26 Å². The first kappa shape index (κ1) is 20.2. The van der Waals surface area contributed by atoms with E-state index in [1.165, 1.54) is 0 Å². The summed E-state index contributed by atoms with van der Waals surface area (Å²) in [6, 6.07) is 6.18. The lowest BCUT2D eigenvalue weighted by atomic mass is 9.90. The van der Waals surface area contributed by atoms with E-state index in [2.05, 4.69) is 26.8 Å². The smallest absolute Gasteiger partial charge is 0.215 e. The van der Waals surface area contributed by atoms with Crippen LogP contribution in [0.5, 0.6) is 0 Å². The molecule has 1 unspecified atom stereocenters. The Labute approximate surface area is 181 Å². The molecule has 2 aromatic rings. The summed E-state index contributed by atoms with van der Waals surface area (Å²) >= 11 is 0. The maximum absolute atomic E-state index is 12.5. The predicted molar refractivity (Wildman–Crippen MR) is 117 cm³/mol. The van der Waals surface area contributed by atoms with Crippen molar-refractivity contribution < 1.29 is 13.2 Å². The zero-order valence-electron chi connectivity index (χ0n) is 17.2. The highest BCUT2D eigenvalue weighted by atomic mass is 32.2. The fourth-order valence-corrected chi connectivity index (χ4v) is 6.27. The van der Waals surface area contributed by atoms with Crippen LogP contribution in [0.4, 0.5) is 5.82 Å². The van der Waals surface area contributed by atoms with Gasteiger partial charge in [0.15, 0.2) is 0 Å². The van der Waals surface area contributed by atoms with Gasteiger partial charge in [-0.05, 0) is 68.2 Å². The normalized spacial score (nSPS) is 22.5. The van der Waals surface area contributed by atoms with Crippen LogP contribution in [-0.4, -0.2) is 42.6 Å². The second-order valence-corrected chi connectivity index (χ2v) is 10.7. The summed E-state index contributed by atoms with van der Waals surface area (Å²) in [4.78, 5) is 21.1. The van der Waals surface area contributed by atoms with Gasteiger partial charge in [0.05, 0.1) is 17.2 Å². The molecule has 2 saturated carbocycles. The van der Waals surface area contributed by atoms with Gasteiger partial charge in [-0.1, -0.05) is 6.08 Å². The van der Waals surface area contributed by atoms with Crippen LogP contribution >= 0.6 is 0 Å². The standard InChI is InChI=1S/C22H25N5O3S/c23-12-22(8-9-22)13-31(29,30)26-16-3-1-15(2-4-16)19-11-20(27(14-28)17-5-6-17)25-21-18(19)7-10-24-21/h1,7,10-11,14,16-17,26H,2-6,8-9,13H2,(H,24,25). The molecule has 0 bridgehead atoms. The van der Waals surface area contributed by atoms with Crippen molar-refractivity contribution in [1.82, 2.24) is 14.7 Å². The average Bonchev–Trinajstić information content (AvgIpc) is 3.67. The number of rotatable bonds is 8. The number of allylic oxidation sites excluding steroid dienone is 1. The van der Waals surface area contributed by atoms with E-state index >= 15 is 0 Å². The SMILES string of the molecule is N#CC1(CS(=O)(=O)NC2CC=C(c3cc(N(C=O)C4CC4)nc4[nH]ccc34)CC2)CC1. The van der Waals surface area contributed by atoms with Gasteiger partial charge in [-0.3, -0.25) is 9.69 Å². The third-order valence-electron chi connectivity index (χ3n) is 6.49. The Kier molecular flexibility index (Phi) is 4.87. The number of anilines is 1. The third kappa shape index (κ3) is 4.10. The molecule has 0 aromatic carbocycles. The van der Waals surface area contributed by atoms with Crippen molar-refractivity contribution in [3.8, 4) is 6.07 Å².